The highest BCUT2D eigenvalue weighted by atomic mass is 16.5. The minimum absolute atomic E-state index is 0.824. The van der Waals surface area contributed by atoms with Gasteiger partial charge in [-0.15, -0.1) is 0 Å². The van der Waals surface area contributed by atoms with Crippen LogP contribution in [0.2, 0.25) is 0 Å². The number of benzene rings is 1. The molecule has 1 aliphatic heterocycles. The van der Waals surface area contributed by atoms with Gasteiger partial charge in [-0.2, -0.15) is 0 Å². The summed E-state index contributed by atoms with van der Waals surface area (Å²) in [5.41, 5.74) is 1.26. The van der Waals surface area contributed by atoms with Crippen molar-refractivity contribution in [2.24, 2.45) is 0 Å². The number of hydrogen-bond donors (Lipinski definition) is 0. The van der Waals surface area contributed by atoms with Crippen LogP contribution in [0.1, 0.15) is 12.8 Å². The fourth-order valence-electron chi connectivity index (χ4n) is 1.72. The number of rotatable bonds is 2. The van der Waals surface area contributed by atoms with Gasteiger partial charge in [0.1, 0.15) is 5.75 Å². The summed E-state index contributed by atoms with van der Waals surface area (Å²) in [6.45, 7) is 2.35. The molecule has 1 aromatic carbocycles. The van der Waals surface area contributed by atoms with Crippen LogP contribution >= 0.6 is 0 Å². The highest BCUT2D eigenvalue weighted by Gasteiger charge is 2.12. The quantitative estimate of drug-likeness (QED) is 0.684. The van der Waals surface area contributed by atoms with Crippen LogP contribution in [0.3, 0.4) is 0 Å². The van der Waals surface area contributed by atoms with E-state index in [1.807, 2.05) is 12.1 Å². The summed E-state index contributed by atoms with van der Waals surface area (Å²) in [7, 11) is 1.68. The molecule has 0 spiro atoms. The molecule has 2 heteroatoms. The number of anilines is 1. The predicted molar refractivity (Wildman–Crippen MR) is 53.3 cm³/mol. The molecule has 0 bridgehead atoms. The van der Waals surface area contributed by atoms with Crippen molar-refractivity contribution in [2.45, 2.75) is 12.8 Å². The Labute approximate surface area is 79.1 Å². The van der Waals surface area contributed by atoms with E-state index in [9.17, 15) is 0 Å². The number of nitrogens with zero attached hydrogens (tertiary/aromatic N) is 1. The third kappa shape index (κ3) is 1.77. The van der Waals surface area contributed by atoms with Gasteiger partial charge in [-0.05, 0) is 25.0 Å². The molecule has 2 rings (SSSR count). The standard InChI is InChI=1S/C11H14NO/c1-13-11-6-4-5-10(9-11)12-7-2-3-8-12/h4-5,9H,2-3,7-8H2,1H3. The lowest BCUT2D eigenvalue weighted by atomic mass is 10.3. The van der Waals surface area contributed by atoms with Crippen molar-refractivity contribution in [3.63, 3.8) is 0 Å². The average Bonchev–Trinajstić information content (AvgIpc) is 2.71. The lowest BCUT2D eigenvalue weighted by molar-refractivity contribution is 0.414. The smallest absolute Gasteiger partial charge is 0.128 e. The van der Waals surface area contributed by atoms with E-state index in [1.165, 1.54) is 31.6 Å². The fraction of sp³-hybridized carbons (Fsp3) is 0.455. The summed E-state index contributed by atoms with van der Waals surface area (Å²) in [6.07, 6.45) is 2.61. The van der Waals surface area contributed by atoms with Crippen LogP contribution in [0.15, 0.2) is 18.2 Å². The van der Waals surface area contributed by atoms with Crippen LogP contribution < -0.4 is 9.64 Å². The van der Waals surface area contributed by atoms with Crippen molar-refractivity contribution in [1.82, 2.24) is 0 Å². The Morgan fingerprint density at radius 1 is 1.38 bits per heavy atom. The molecule has 0 aliphatic carbocycles. The SMILES string of the molecule is COc1[c]ccc(N2CCCC2)c1. The van der Waals surface area contributed by atoms with Crippen molar-refractivity contribution in [3.05, 3.63) is 24.3 Å². The molecule has 1 aliphatic rings. The maximum Gasteiger partial charge on any atom is 0.128 e. The monoisotopic (exact) mass is 176 g/mol. The zero-order chi connectivity index (χ0) is 9.10. The van der Waals surface area contributed by atoms with E-state index < -0.39 is 0 Å². The summed E-state index contributed by atoms with van der Waals surface area (Å²) < 4.78 is 5.13. The summed E-state index contributed by atoms with van der Waals surface area (Å²) >= 11 is 0. The van der Waals surface area contributed by atoms with E-state index >= 15 is 0 Å². The van der Waals surface area contributed by atoms with Gasteiger partial charge in [0.2, 0.25) is 0 Å². The molecule has 0 atom stereocenters. The molecule has 1 fully saturated rings. The van der Waals surface area contributed by atoms with Crippen molar-refractivity contribution in [1.29, 1.82) is 0 Å². The van der Waals surface area contributed by atoms with Crippen molar-refractivity contribution >= 4 is 5.69 Å². The maximum atomic E-state index is 5.13. The van der Waals surface area contributed by atoms with E-state index in [-0.39, 0.29) is 0 Å². The van der Waals surface area contributed by atoms with Gasteiger partial charge in [-0.1, -0.05) is 0 Å². The number of ether oxygens (including phenoxy) is 1. The van der Waals surface area contributed by atoms with E-state index in [1.54, 1.807) is 7.11 Å². The molecule has 0 amide bonds. The molecule has 1 aromatic rings. The van der Waals surface area contributed by atoms with Gasteiger partial charge in [0.05, 0.1) is 7.11 Å². The largest absolute Gasteiger partial charge is 0.496 e. The first-order chi connectivity index (χ1) is 6.40. The molecule has 0 aromatic heterocycles. The normalized spacial score (nSPS) is 16.2. The second-order valence-corrected chi connectivity index (χ2v) is 3.31. The topological polar surface area (TPSA) is 12.5 Å². The summed E-state index contributed by atoms with van der Waals surface area (Å²) in [6, 6.07) is 9.09. The maximum absolute atomic E-state index is 5.13. The van der Waals surface area contributed by atoms with Gasteiger partial charge < -0.3 is 9.64 Å². The Morgan fingerprint density at radius 2 is 2.15 bits per heavy atom. The van der Waals surface area contributed by atoms with Gasteiger partial charge in [0.15, 0.2) is 0 Å². The first-order valence-corrected chi connectivity index (χ1v) is 4.71. The Bertz CT molecular complexity index is 279. The summed E-state index contributed by atoms with van der Waals surface area (Å²) in [5, 5.41) is 0. The zero-order valence-electron chi connectivity index (χ0n) is 7.92. The van der Waals surface area contributed by atoms with Crippen molar-refractivity contribution in [2.75, 3.05) is 25.1 Å². The minimum Gasteiger partial charge on any atom is -0.496 e. The summed E-state index contributed by atoms with van der Waals surface area (Å²) in [4.78, 5) is 2.39. The zero-order valence-corrected chi connectivity index (χ0v) is 7.92. The molecule has 1 saturated heterocycles. The Balaban J connectivity index is 2.18. The molecule has 1 heterocycles. The molecule has 0 unspecified atom stereocenters. The van der Waals surface area contributed by atoms with Gasteiger partial charge in [-0.25, -0.2) is 0 Å². The molecular formula is C11H14NO. The Kier molecular flexibility index (Phi) is 2.39. The Hall–Kier alpha value is -1.18. The van der Waals surface area contributed by atoms with Gasteiger partial charge >= 0.3 is 0 Å². The number of methoxy groups -OCH3 is 1. The molecule has 2 nitrogen and oxygen atoms in total. The number of hydrogen-bond acceptors (Lipinski definition) is 2. The van der Waals surface area contributed by atoms with Crippen LogP contribution in [0.4, 0.5) is 5.69 Å². The Morgan fingerprint density at radius 3 is 2.85 bits per heavy atom. The highest BCUT2D eigenvalue weighted by molar-refractivity contribution is 5.50. The second-order valence-electron chi connectivity index (χ2n) is 3.31. The van der Waals surface area contributed by atoms with Crippen LogP contribution in [0.5, 0.6) is 5.75 Å². The molecule has 0 saturated carbocycles. The predicted octanol–water partition coefficient (Wildman–Crippen LogP) is 2.10. The molecular weight excluding hydrogens is 162 g/mol. The highest BCUT2D eigenvalue weighted by Crippen LogP contribution is 2.23. The van der Waals surface area contributed by atoms with Crippen molar-refractivity contribution < 1.29 is 4.74 Å². The van der Waals surface area contributed by atoms with Crippen molar-refractivity contribution in [3.8, 4) is 5.75 Å². The van der Waals surface area contributed by atoms with E-state index in [0.717, 1.165) is 5.75 Å². The molecule has 0 N–H and O–H groups in total. The van der Waals surface area contributed by atoms with E-state index in [4.69, 9.17) is 4.74 Å². The fourth-order valence-corrected chi connectivity index (χ4v) is 1.72. The second kappa shape index (κ2) is 3.69. The summed E-state index contributed by atoms with van der Waals surface area (Å²) in [5.74, 6) is 0.824. The lowest BCUT2D eigenvalue weighted by Crippen LogP contribution is -2.17. The van der Waals surface area contributed by atoms with Gasteiger partial charge in [-0.3, -0.25) is 0 Å². The van der Waals surface area contributed by atoms with Crippen LogP contribution in [-0.4, -0.2) is 20.2 Å². The third-order valence-electron chi connectivity index (χ3n) is 2.45. The van der Waals surface area contributed by atoms with Gasteiger partial charge in [0, 0.05) is 30.9 Å². The third-order valence-corrected chi connectivity index (χ3v) is 2.45. The average molecular weight is 176 g/mol. The van der Waals surface area contributed by atoms with Crippen LogP contribution in [-0.2, 0) is 0 Å². The molecule has 13 heavy (non-hydrogen) atoms. The van der Waals surface area contributed by atoms with Crippen LogP contribution in [0, 0.1) is 6.07 Å². The van der Waals surface area contributed by atoms with E-state index in [0.29, 0.717) is 0 Å². The lowest BCUT2D eigenvalue weighted by Gasteiger charge is -2.17. The molecule has 69 valence electrons. The molecule has 1 radical (unpaired) electrons. The van der Waals surface area contributed by atoms with Crippen LogP contribution in [0.25, 0.3) is 0 Å². The first kappa shape index (κ1) is 8.42. The minimum atomic E-state index is 0.824. The van der Waals surface area contributed by atoms with E-state index in [2.05, 4.69) is 17.0 Å². The van der Waals surface area contributed by atoms with Gasteiger partial charge in [0.25, 0.3) is 0 Å². The first-order valence-electron chi connectivity index (χ1n) is 4.71.